The molecule has 2 N–H and O–H groups in total. The number of carbonyl (C=O) groups excluding carboxylic acids is 4. The Kier molecular flexibility index (Phi) is 9.39. The summed E-state index contributed by atoms with van der Waals surface area (Å²) in [5, 5.41) is 20.5. The third kappa shape index (κ3) is 6.26. The van der Waals surface area contributed by atoms with Crippen molar-refractivity contribution in [1.82, 2.24) is 5.01 Å². The van der Waals surface area contributed by atoms with Crippen LogP contribution in [0.25, 0.3) is 0 Å². The van der Waals surface area contributed by atoms with Crippen LogP contribution in [0.2, 0.25) is 5.02 Å². The van der Waals surface area contributed by atoms with E-state index in [2.05, 4.69) is 15.7 Å². The van der Waals surface area contributed by atoms with E-state index in [1.165, 1.54) is 41.3 Å². The van der Waals surface area contributed by atoms with Gasteiger partial charge in [0.2, 0.25) is 11.8 Å². The van der Waals surface area contributed by atoms with Gasteiger partial charge in [0, 0.05) is 30.7 Å². The van der Waals surface area contributed by atoms with Crippen LogP contribution in [0.4, 0.5) is 32.8 Å². The molecule has 0 aromatic heterocycles. The Morgan fingerprint density at radius 2 is 1.39 bits per heavy atom. The first-order valence-electron chi connectivity index (χ1n) is 19.3. The Hall–Kier alpha value is -6.66. The number of halogens is 2. The number of hydrogen-bond donors (Lipinski definition) is 2. The van der Waals surface area contributed by atoms with E-state index in [4.69, 9.17) is 11.6 Å². The second kappa shape index (κ2) is 14.6. The molecule has 1 saturated carbocycles. The van der Waals surface area contributed by atoms with E-state index < -0.39 is 52.6 Å². The van der Waals surface area contributed by atoms with Crippen molar-refractivity contribution in [3.63, 3.8) is 0 Å². The highest BCUT2D eigenvalue weighted by Crippen LogP contribution is 2.64. The molecule has 5 aromatic carbocycles. The Morgan fingerprint density at radius 3 is 2.02 bits per heavy atom. The molecule has 2 heterocycles. The maximum atomic E-state index is 15.2. The molecule has 2 saturated heterocycles. The molecule has 4 aliphatic rings. The lowest BCUT2D eigenvalue weighted by Gasteiger charge is -2.50. The largest absolute Gasteiger partial charge is 0.508 e. The number of nitrogens with zero attached hydrogens (tertiary/aromatic N) is 5. The molecule has 6 unspecified atom stereocenters. The van der Waals surface area contributed by atoms with Crippen LogP contribution in [0.1, 0.15) is 29.9 Å². The van der Waals surface area contributed by atoms with Gasteiger partial charge in [0.05, 0.1) is 45.9 Å². The lowest BCUT2D eigenvalue weighted by atomic mass is 9.49. The van der Waals surface area contributed by atoms with Gasteiger partial charge in [-0.05, 0) is 127 Å². The topological polar surface area (TPSA) is 135 Å². The zero-order chi connectivity index (χ0) is 41.2. The Balaban J connectivity index is 1.09. The number of allylic oxidation sites excluding steroid dienone is 2. The van der Waals surface area contributed by atoms with Crippen LogP contribution >= 0.6 is 11.6 Å². The molecule has 4 amide bonds. The van der Waals surface area contributed by atoms with Gasteiger partial charge >= 0.3 is 0 Å². The molecule has 9 rings (SSSR count). The molecule has 0 spiro atoms. The lowest BCUT2D eigenvalue weighted by Crippen LogP contribution is -2.53. The molecule has 296 valence electrons. The summed E-state index contributed by atoms with van der Waals surface area (Å²) in [7, 11) is 3.91. The minimum absolute atomic E-state index is 0.0164. The van der Waals surface area contributed by atoms with Gasteiger partial charge in [0.15, 0.2) is 0 Å². The molecule has 0 bridgehead atoms. The van der Waals surface area contributed by atoms with Gasteiger partial charge in [-0.25, -0.2) is 4.39 Å². The van der Waals surface area contributed by atoms with Crippen LogP contribution in [0.3, 0.4) is 0 Å². The first-order chi connectivity index (χ1) is 28.4. The van der Waals surface area contributed by atoms with Crippen molar-refractivity contribution in [3.8, 4) is 5.75 Å². The zero-order valence-electron chi connectivity index (χ0n) is 32.0. The Labute approximate surface area is 344 Å². The van der Waals surface area contributed by atoms with Crippen LogP contribution in [-0.4, -0.2) is 47.8 Å². The van der Waals surface area contributed by atoms with Gasteiger partial charge in [-0.2, -0.15) is 15.2 Å². The predicted molar refractivity (Wildman–Crippen MR) is 221 cm³/mol. The van der Waals surface area contributed by atoms with Gasteiger partial charge in [0.25, 0.3) is 11.8 Å². The number of aromatic hydroxyl groups is 1. The highest BCUT2D eigenvalue weighted by Gasteiger charge is 2.70. The summed E-state index contributed by atoms with van der Waals surface area (Å²) in [5.74, 6) is -6.11. The number of phenols is 1. The summed E-state index contributed by atoms with van der Waals surface area (Å²) in [5.41, 5.74) is 6.36. The third-order valence-corrected chi connectivity index (χ3v) is 12.5. The summed E-state index contributed by atoms with van der Waals surface area (Å²) in [6.45, 7) is 0. The second-order valence-electron chi connectivity index (χ2n) is 15.6. The SMILES string of the molecule is CN(C)c1ccc(N=Nc2ccc(N3C(=O)C4CC=C5C(CC6C(=O)N(Nc7ccc(F)cc7)C(=O)C6(c6ccc(Cl)cc6)C5c5ccc(O)cc5)C4C3=O)cc2)cc1. The molecular formula is C46H38ClFN6O5. The molecule has 13 heteroatoms. The summed E-state index contributed by atoms with van der Waals surface area (Å²) in [6.07, 6.45) is 2.30. The van der Waals surface area contributed by atoms with Crippen molar-refractivity contribution < 1.29 is 28.7 Å². The third-order valence-electron chi connectivity index (χ3n) is 12.2. The summed E-state index contributed by atoms with van der Waals surface area (Å²) < 4.78 is 13.9. The smallest absolute Gasteiger partial charge is 0.260 e. The molecule has 2 aliphatic heterocycles. The number of azo groups is 1. The lowest BCUT2D eigenvalue weighted by molar-refractivity contribution is -0.138. The van der Waals surface area contributed by atoms with E-state index in [1.54, 1.807) is 60.7 Å². The number of fused-ring (bicyclic) bond motifs is 4. The van der Waals surface area contributed by atoms with Crippen molar-refractivity contribution in [2.45, 2.75) is 24.2 Å². The monoisotopic (exact) mass is 808 g/mol. The van der Waals surface area contributed by atoms with E-state index in [9.17, 15) is 23.9 Å². The van der Waals surface area contributed by atoms with E-state index in [0.29, 0.717) is 38.9 Å². The number of nitrogens with one attached hydrogen (secondary N) is 1. The molecule has 3 fully saturated rings. The normalized spacial score (nSPS) is 24.9. The van der Waals surface area contributed by atoms with Crippen molar-refractivity contribution in [3.05, 3.63) is 155 Å². The van der Waals surface area contributed by atoms with Gasteiger partial charge < -0.3 is 10.0 Å². The fraction of sp³-hybridized carbons (Fsp3) is 0.217. The molecule has 0 radical (unpaired) electrons. The molecule has 11 nitrogen and oxygen atoms in total. The minimum Gasteiger partial charge on any atom is -0.508 e. The maximum absolute atomic E-state index is 15.2. The maximum Gasteiger partial charge on any atom is 0.260 e. The molecular weight excluding hydrogens is 771 g/mol. The fourth-order valence-corrected chi connectivity index (χ4v) is 9.68. The standard InChI is InChI=1S/C46H38ClFN6O5/c1-52(2)33-17-13-30(14-18-33)49-50-31-15-19-34(20-16-31)53-42(56)37-24-23-36-38(40(37)44(53)58)25-39-43(57)54(51-32-11-9-29(48)10-12-32)45(59)46(39,27-5-7-28(47)8-6-27)41(36)26-3-21-35(55)22-4-26/h3-23,37-41,51,55H,24-25H2,1-2H3. The van der Waals surface area contributed by atoms with Gasteiger partial charge in [-0.3, -0.25) is 29.5 Å². The number of rotatable bonds is 8. The average molecular weight is 809 g/mol. The van der Waals surface area contributed by atoms with Crippen LogP contribution in [0.15, 0.2) is 143 Å². The zero-order valence-corrected chi connectivity index (χ0v) is 32.8. The van der Waals surface area contributed by atoms with E-state index in [-0.39, 0.29) is 30.4 Å². The Bertz CT molecular complexity index is 2550. The van der Waals surface area contributed by atoms with Crippen molar-refractivity contribution in [2.24, 2.45) is 33.9 Å². The quantitative estimate of drug-likeness (QED) is 0.0909. The number of carbonyl (C=O) groups is 4. The molecule has 59 heavy (non-hydrogen) atoms. The highest BCUT2D eigenvalue weighted by molar-refractivity contribution is 6.30. The van der Waals surface area contributed by atoms with Crippen LogP contribution in [0.5, 0.6) is 5.75 Å². The van der Waals surface area contributed by atoms with Gasteiger partial charge in [0.1, 0.15) is 11.6 Å². The van der Waals surface area contributed by atoms with Crippen molar-refractivity contribution >= 4 is 63.7 Å². The number of amides is 4. The number of phenolic OH excluding ortho intramolecular Hbond substituents is 1. The number of anilines is 3. The van der Waals surface area contributed by atoms with Crippen LogP contribution in [0, 0.1) is 29.5 Å². The fourth-order valence-electron chi connectivity index (χ4n) is 9.55. The first-order valence-corrected chi connectivity index (χ1v) is 19.7. The molecule has 2 aliphatic carbocycles. The first kappa shape index (κ1) is 37.9. The summed E-state index contributed by atoms with van der Waals surface area (Å²) in [4.78, 5) is 62.2. The van der Waals surface area contributed by atoms with Crippen LogP contribution in [-0.2, 0) is 24.6 Å². The van der Waals surface area contributed by atoms with Crippen molar-refractivity contribution in [2.75, 3.05) is 29.3 Å². The minimum atomic E-state index is -1.52. The van der Waals surface area contributed by atoms with E-state index in [0.717, 1.165) is 16.3 Å². The average Bonchev–Trinajstić information content (AvgIpc) is 3.62. The summed E-state index contributed by atoms with van der Waals surface area (Å²) >= 11 is 6.37. The van der Waals surface area contributed by atoms with Gasteiger partial charge in [-0.1, -0.05) is 47.5 Å². The molecule has 5 aromatic rings. The number of imide groups is 2. The number of hydrazine groups is 1. The van der Waals surface area contributed by atoms with E-state index >= 15 is 4.79 Å². The Morgan fingerprint density at radius 1 is 0.763 bits per heavy atom. The van der Waals surface area contributed by atoms with E-state index in [1.807, 2.05) is 49.3 Å². The van der Waals surface area contributed by atoms with Gasteiger partial charge in [-0.15, -0.1) is 0 Å². The second-order valence-corrected chi connectivity index (χ2v) is 16.0. The predicted octanol–water partition coefficient (Wildman–Crippen LogP) is 8.86. The number of benzene rings is 5. The summed E-state index contributed by atoms with van der Waals surface area (Å²) in [6, 6.07) is 33.1. The van der Waals surface area contributed by atoms with Crippen LogP contribution < -0.4 is 15.2 Å². The number of hydrogen-bond acceptors (Lipinski definition) is 9. The van der Waals surface area contributed by atoms with Crippen molar-refractivity contribution in [1.29, 1.82) is 0 Å². The molecule has 6 atom stereocenters. The highest BCUT2D eigenvalue weighted by atomic mass is 35.5.